The molecule has 2 aromatic heterocycles. The van der Waals surface area contributed by atoms with E-state index in [0.29, 0.717) is 49.7 Å². The quantitative estimate of drug-likeness (QED) is 0.657. The number of carbonyl (C=O) groups excluding carboxylic acids is 1. The number of aromatic nitrogens is 4. The summed E-state index contributed by atoms with van der Waals surface area (Å²) in [4.78, 5) is 13.8. The van der Waals surface area contributed by atoms with E-state index in [1.165, 1.54) is 10.7 Å². The van der Waals surface area contributed by atoms with E-state index in [1.807, 2.05) is 10.8 Å². The van der Waals surface area contributed by atoms with Gasteiger partial charge in [0.05, 0.1) is 24.9 Å². The second-order valence-electron chi connectivity index (χ2n) is 8.42. The van der Waals surface area contributed by atoms with Crippen molar-refractivity contribution in [3.05, 3.63) is 47.2 Å². The number of nitrogens with one attached hydrogen (secondary N) is 1. The van der Waals surface area contributed by atoms with Gasteiger partial charge in [0.25, 0.3) is 0 Å². The van der Waals surface area contributed by atoms with Crippen LogP contribution in [0.25, 0.3) is 11.1 Å². The van der Waals surface area contributed by atoms with Gasteiger partial charge in [-0.2, -0.15) is 15.5 Å². The number of hydrogen-bond donors (Lipinski definition) is 1. The highest BCUT2D eigenvalue weighted by Crippen LogP contribution is 2.34. The Labute approximate surface area is 190 Å². The maximum Gasteiger partial charge on any atom is 0.219 e. The largest absolute Gasteiger partial charge is 0.379 e. The molecule has 9 nitrogen and oxygen atoms in total. The second kappa shape index (κ2) is 8.33. The minimum Gasteiger partial charge on any atom is -0.379 e. The highest BCUT2D eigenvalue weighted by molar-refractivity contribution is 5.75. The number of ether oxygens (including phenoxy) is 1. The normalized spacial score (nSPS) is 17.6. The summed E-state index contributed by atoms with van der Waals surface area (Å²) in [5.74, 6) is 0.0874. The van der Waals surface area contributed by atoms with Crippen molar-refractivity contribution in [1.82, 2.24) is 24.5 Å². The van der Waals surface area contributed by atoms with Gasteiger partial charge in [0.1, 0.15) is 11.9 Å². The Morgan fingerprint density at radius 2 is 2.21 bits per heavy atom. The third kappa shape index (κ3) is 3.85. The SMILES string of the molecule is CC(=O)N1CCc2c(c(Nc3ccc(-c4cn(C)nc4C#N)cc3F)nn2C2CCOC2)C1. The first-order chi connectivity index (χ1) is 15.9. The standard InChI is InChI=1S/C23H24FN7O2/c1-14(32)30-7-5-22-18(12-30)23(28-31(22)16-6-8-33-13-16)26-20-4-3-15(9-19(20)24)17-11-29(2)27-21(17)10-25/h3-4,9,11,16H,5-8,12-13H2,1-2H3,(H,26,28). The first kappa shape index (κ1) is 21.2. The van der Waals surface area contributed by atoms with Crippen LogP contribution in [0.2, 0.25) is 0 Å². The molecule has 5 rings (SSSR count). The van der Waals surface area contributed by atoms with Gasteiger partial charge in [0, 0.05) is 56.6 Å². The Morgan fingerprint density at radius 1 is 1.36 bits per heavy atom. The first-order valence-corrected chi connectivity index (χ1v) is 10.9. The lowest BCUT2D eigenvalue weighted by Gasteiger charge is -2.27. The van der Waals surface area contributed by atoms with Gasteiger partial charge in [-0.05, 0) is 24.1 Å². The fraction of sp³-hybridized carbons (Fsp3) is 0.391. The predicted octanol–water partition coefficient (Wildman–Crippen LogP) is 2.90. The fourth-order valence-corrected chi connectivity index (χ4v) is 4.53. The summed E-state index contributed by atoms with van der Waals surface area (Å²) in [5.41, 5.74) is 3.64. The van der Waals surface area contributed by atoms with Crippen molar-refractivity contribution in [2.75, 3.05) is 25.1 Å². The summed E-state index contributed by atoms with van der Waals surface area (Å²) >= 11 is 0. The molecule has 10 heteroatoms. The number of aryl methyl sites for hydroxylation is 1. The molecule has 1 unspecified atom stereocenters. The number of anilines is 2. The zero-order chi connectivity index (χ0) is 23.1. The fourth-order valence-electron chi connectivity index (χ4n) is 4.53. The van der Waals surface area contributed by atoms with Gasteiger partial charge in [0.2, 0.25) is 5.91 Å². The molecule has 3 aromatic rings. The van der Waals surface area contributed by atoms with Gasteiger partial charge in [-0.25, -0.2) is 4.39 Å². The average Bonchev–Trinajstić information content (AvgIpc) is 3.53. The molecule has 1 amide bonds. The molecule has 2 aliphatic rings. The Morgan fingerprint density at radius 3 is 2.91 bits per heavy atom. The number of rotatable bonds is 4. The molecule has 1 atom stereocenters. The number of carbonyl (C=O) groups is 1. The summed E-state index contributed by atoms with van der Waals surface area (Å²) in [5, 5.41) is 21.3. The Hall–Kier alpha value is -3.71. The van der Waals surface area contributed by atoms with Crippen molar-refractivity contribution in [3.8, 4) is 17.2 Å². The van der Waals surface area contributed by atoms with Crippen LogP contribution in [0.5, 0.6) is 0 Å². The van der Waals surface area contributed by atoms with Crippen LogP contribution in [0, 0.1) is 17.1 Å². The molecule has 1 saturated heterocycles. The van der Waals surface area contributed by atoms with E-state index in [4.69, 9.17) is 9.84 Å². The zero-order valence-corrected chi connectivity index (χ0v) is 18.5. The van der Waals surface area contributed by atoms with Gasteiger partial charge >= 0.3 is 0 Å². The maximum absolute atomic E-state index is 15.1. The van der Waals surface area contributed by atoms with Gasteiger partial charge < -0.3 is 15.0 Å². The lowest BCUT2D eigenvalue weighted by molar-refractivity contribution is -0.129. The molecule has 1 aromatic carbocycles. The maximum atomic E-state index is 15.1. The molecule has 0 aliphatic carbocycles. The number of halogens is 1. The first-order valence-electron chi connectivity index (χ1n) is 10.9. The third-order valence-corrected chi connectivity index (χ3v) is 6.25. The van der Waals surface area contributed by atoms with Crippen molar-refractivity contribution in [2.45, 2.75) is 32.4 Å². The van der Waals surface area contributed by atoms with Crippen LogP contribution in [0.4, 0.5) is 15.9 Å². The van der Waals surface area contributed by atoms with Crippen LogP contribution in [-0.2, 0) is 29.5 Å². The topological polar surface area (TPSA) is 101 Å². The highest BCUT2D eigenvalue weighted by atomic mass is 19.1. The van der Waals surface area contributed by atoms with E-state index in [9.17, 15) is 10.1 Å². The van der Waals surface area contributed by atoms with Crippen LogP contribution < -0.4 is 5.32 Å². The minimum absolute atomic E-state index is 0.00357. The summed E-state index contributed by atoms with van der Waals surface area (Å²) in [6.45, 7) is 3.91. The van der Waals surface area contributed by atoms with Crippen LogP contribution in [0.15, 0.2) is 24.4 Å². The summed E-state index contributed by atoms with van der Waals surface area (Å²) in [6, 6.07) is 6.95. The predicted molar refractivity (Wildman–Crippen MR) is 118 cm³/mol. The molecular formula is C23H24FN7O2. The van der Waals surface area contributed by atoms with Crippen LogP contribution in [0.1, 0.15) is 36.3 Å². The number of fused-ring (bicyclic) bond motifs is 1. The van der Waals surface area contributed by atoms with Crippen molar-refractivity contribution < 1.29 is 13.9 Å². The van der Waals surface area contributed by atoms with Crippen molar-refractivity contribution in [3.63, 3.8) is 0 Å². The monoisotopic (exact) mass is 449 g/mol. The molecular weight excluding hydrogens is 425 g/mol. The Balaban J connectivity index is 1.49. The molecule has 0 saturated carbocycles. The van der Waals surface area contributed by atoms with Crippen LogP contribution in [-0.4, -0.2) is 50.1 Å². The molecule has 4 heterocycles. The third-order valence-electron chi connectivity index (χ3n) is 6.25. The van der Waals surface area contributed by atoms with Gasteiger partial charge in [0.15, 0.2) is 11.5 Å². The van der Waals surface area contributed by atoms with E-state index >= 15 is 4.39 Å². The van der Waals surface area contributed by atoms with E-state index < -0.39 is 5.82 Å². The molecule has 0 radical (unpaired) electrons. The Bertz CT molecular complexity index is 1270. The van der Waals surface area contributed by atoms with Crippen molar-refractivity contribution in [2.24, 2.45) is 7.05 Å². The molecule has 170 valence electrons. The molecule has 0 spiro atoms. The molecule has 2 aliphatic heterocycles. The van der Waals surface area contributed by atoms with E-state index in [0.717, 1.165) is 17.7 Å². The summed E-state index contributed by atoms with van der Waals surface area (Å²) in [7, 11) is 1.72. The van der Waals surface area contributed by atoms with Crippen molar-refractivity contribution in [1.29, 1.82) is 5.26 Å². The number of benzene rings is 1. The van der Waals surface area contributed by atoms with Crippen molar-refractivity contribution >= 4 is 17.4 Å². The minimum atomic E-state index is -0.466. The molecule has 1 fully saturated rings. The van der Waals surface area contributed by atoms with E-state index in [1.54, 1.807) is 37.2 Å². The van der Waals surface area contributed by atoms with Gasteiger partial charge in [-0.1, -0.05) is 6.07 Å². The summed E-state index contributed by atoms with van der Waals surface area (Å²) in [6.07, 6.45) is 3.26. The Kier molecular flexibility index (Phi) is 5.34. The lowest BCUT2D eigenvalue weighted by atomic mass is 10.0. The number of nitriles is 1. The highest BCUT2D eigenvalue weighted by Gasteiger charge is 2.30. The summed E-state index contributed by atoms with van der Waals surface area (Å²) < 4.78 is 24.2. The number of amides is 1. The molecule has 33 heavy (non-hydrogen) atoms. The molecule has 0 bridgehead atoms. The van der Waals surface area contributed by atoms with E-state index in [2.05, 4.69) is 10.4 Å². The average molecular weight is 449 g/mol. The van der Waals surface area contributed by atoms with Gasteiger partial charge in [-0.15, -0.1) is 0 Å². The van der Waals surface area contributed by atoms with E-state index in [-0.39, 0.29) is 23.3 Å². The van der Waals surface area contributed by atoms with Gasteiger partial charge in [-0.3, -0.25) is 14.2 Å². The smallest absolute Gasteiger partial charge is 0.219 e. The van der Waals surface area contributed by atoms with Crippen LogP contribution in [0.3, 0.4) is 0 Å². The molecule has 1 N–H and O–H groups in total. The number of nitrogens with zero attached hydrogens (tertiary/aromatic N) is 6. The van der Waals surface area contributed by atoms with Crippen LogP contribution >= 0.6 is 0 Å². The zero-order valence-electron chi connectivity index (χ0n) is 18.5. The number of hydrogen-bond acceptors (Lipinski definition) is 6. The second-order valence-corrected chi connectivity index (χ2v) is 8.42. The lowest BCUT2D eigenvalue weighted by Crippen LogP contribution is -2.35.